The van der Waals surface area contributed by atoms with Crippen molar-refractivity contribution in [2.45, 2.75) is 26.5 Å². The van der Waals surface area contributed by atoms with Crippen molar-refractivity contribution < 1.29 is 9.13 Å². The maximum Gasteiger partial charge on any atom is 0.193 e. The van der Waals surface area contributed by atoms with Crippen LogP contribution in [-0.4, -0.2) is 37.6 Å². The van der Waals surface area contributed by atoms with Crippen LogP contribution in [0.4, 0.5) is 4.39 Å². The van der Waals surface area contributed by atoms with Gasteiger partial charge in [0.25, 0.3) is 0 Å². The van der Waals surface area contributed by atoms with E-state index in [4.69, 9.17) is 4.74 Å². The van der Waals surface area contributed by atoms with Crippen molar-refractivity contribution in [3.8, 4) is 0 Å². The van der Waals surface area contributed by atoms with Gasteiger partial charge in [-0.25, -0.2) is 4.39 Å². The lowest BCUT2D eigenvalue weighted by molar-refractivity contribution is 0.0906. The van der Waals surface area contributed by atoms with Gasteiger partial charge < -0.3 is 15.0 Å². The van der Waals surface area contributed by atoms with Gasteiger partial charge >= 0.3 is 0 Å². The molecule has 1 aliphatic rings. The summed E-state index contributed by atoms with van der Waals surface area (Å²) in [5, 5.41) is 3.35. The number of guanidine groups is 1. The topological polar surface area (TPSA) is 36.9 Å². The smallest absolute Gasteiger partial charge is 0.193 e. The van der Waals surface area contributed by atoms with Crippen LogP contribution in [0.3, 0.4) is 0 Å². The summed E-state index contributed by atoms with van der Waals surface area (Å²) in [6, 6.07) is 15.6. The van der Waals surface area contributed by atoms with Crippen LogP contribution in [0.5, 0.6) is 0 Å². The summed E-state index contributed by atoms with van der Waals surface area (Å²) in [6.07, 6.45) is 1.09. The maximum atomic E-state index is 13.7. The number of hydrogen-bond donors (Lipinski definition) is 1. The Morgan fingerprint density at radius 2 is 2.04 bits per heavy atom. The molecule has 2 aromatic rings. The molecule has 1 heterocycles. The standard InChI is InChI=1S/C22H28FN3O/c1-17-8-9-19(12-21(17)23)13-25-22(24-2)26-11-10-20(14-26)16-27-15-18-6-4-3-5-7-18/h3-9,12,20H,10-11,13-16H2,1-2H3,(H,24,25). The summed E-state index contributed by atoms with van der Waals surface area (Å²) >= 11 is 0. The molecule has 0 saturated carbocycles. The van der Waals surface area contributed by atoms with Crippen LogP contribution in [0, 0.1) is 18.7 Å². The van der Waals surface area contributed by atoms with E-state index in [-0.39, 0.29) is 5.82 Å². The van der Waals surface area contributed by atoms with Gasteiger partial charge in [0.1, 0.15) is 5.82 Å². The molecule has 1 unspecified atom stereocenters. The number of hydrogen-bond acceptors (Lipinski definition) is 2. The van der Waals surface area contributed by atoms with Crippen molar-refractivity contribution in [3.63, 3.8) is 0 Å². The molecule has 0 aromatic heterocycles. The molecule has 0 radical (unpaired) electrons. The third-order valence-electron chi connectivity index (χ3n) is 4.95. The van der Waals surface area contributed by atoms with Crippen LogP contribution in [0.25, 0.3) is 0 Å². The Morgan fingerprint density at radius 1 is 1.22 bits per heavy atom. The minimum absolute atomic E-state index is 0.166. The normalized spacial score (nSPS) is 17.4. The summed E-state index contributed by atoms with van der Waals surface area (Å²) < 4.78 is 19.6. The number of nitrogens with one attached hydrogen (secondary N) is 1. The first-order chi connectivity index (χ1) is 13.2. The average molecular weight is 369 g/mol. The first-order valence-corrected chi connectivity index (χ1v) is 9.48. The highest BCUT2D eigenvalue weighted by Gasteiger charge is 2.24. The molecule has 1 saturated heterocycles. The molecule has 2 aromatic carbocycles. The monoisotopic (exact) mass is 369 g/mol. The van der Waals surface area contributed by atoms with Crippen molar-refractivity contribution >= 4 is 5.96 Å². The number of aliphatic imine (C=N–C) groups is 1. The number of ether oxygens (including phenoxy) is 1. The predicted molar refractivity (Wildman–Crippen MR) is 107 cm³/mol. The van der Waals surface area contributed by atoms with E-state index >= 15 is 0 Å². The summed E-state index contributed by atoms with van der Waals surface area (Å²) in [7, 11) is 1.79. The number of halogens is 1. The van der Waals surface area contributed by atoms with Gasteiger partial charge in [0.05, 0.1) is 13.2 Å². The first-order valence-electron chi connectivity index (χ1n) is 9.48. The largest absolute Gasteiger partial charge is 0.376 e. The Hall–Kier alpha value is -2.40. The second-order valence-corrected chi connectivity index (χ2v) is 7.09. The Balaban J connectivity index is 1.44. The lowest BCUT2D eigenvalue weighted by atomic mass is 10.1. The van der Waals surface area contributed by atoms with Crippen molar-refractivity contribution in [1.29, 1.82) is 0 Å². The molecule has 144 valence electrons. The third-order valence-corrected chi connectivity index (χ3v) is 4.95. The molecule has 0 amide bonds. The molecule has 0 aliphatic carbocycles. The fourth-order valence-electron chi connectivity index (χ4n) is 3.34. The van der Waals surface area contributed by atoms with Crippen molar-refractivity contribution in [3.05, 3.63) is 71.0 Å². The van der Waals surface area contributed by atoms with Gasteiger partial charge in [-0.05, 0) is 36.1 Å². The van der Waals surface area contributed by atoms with Gasteiger partial charge in [0.15, 0.2) is 5.96 Å². The fraction of sp³-hybridized carbons (Fsp3) is 0.409. The summed E-state index contributed by atoms with van der Waals surface area (Å²) in [5.41, 5.74) is 2.79. The highest BCUT2D eigenvalue weighted by atomic mass is 19.1. The highest BCUT2D eigenvalue weighted by molar-refractivity contribution is 5.80. The summed E-state index contributed by atoms with van der Waals surface area (Å²) in [5.74, 6) is 1.20. The molecular formula is C22H28FN3O. The van der Waals surface area contributed by atoms with Gasteiger partial charge in [-0.3, -0.25) is 4.99 Å². The fourth-order valence-corrected chi connectivity index (χ4v) is 3.34. The molecule has 1 fully saturated rings. The minimum Gasteiger partial charge on any atom is -0.376 e. The number of nitrogens with zero attached hydrogens (tertiary/aromatic N) is 2. The van der Waals surface area contributed by atoms with Crippen LogP contribution in [0.1, 0.15) is 23.1 Å². The molecule has 5 heteroatoms. The Kier molecular flexibility index (Phi) is 6.82. The molecule has 1 N–H and O–H groups in total. The zero-order valence-electron chi connectivity index (χ0n) is 16.1. The summed E-state index contributed by atoms with van der Waals surface area (Å²) in [4.78, 5) is 6.64. The van der Waals surface area contributed by atoms with Crippen molar-refractivity contribution in [2.75, 3.05) is 26.7 Å². The lowest BCUT2D eigenvalue weighted by Gasteiger charge is -2.22. The molecule has 0 bridgehead atoms. The quantitative estimate of drug-likeness (QED) is 0.622. The SMILES string of the molecule is CN=C(NCc1ccc(C)c(F)c1)N1CCC(COCc2ccccc2)C1. The van der Waals surface area contributed by atoms with Gasteiger partial charge in [-0.1, -0.05) is 42.5 Å². The second kappa shape index (κ2) is 9.51. The van der Waals surface area contributed by atoms with Crippen molar-refractivity contribution in [1.82, 2.24) is 10.2 Å². The molecule has 1 aliphatic heterocycles. The van der Waals surface area contributed by atoms with Crippen LogP contribution < -0.4 is 5.32 Å². The van der Waals surface area contributed by atoms with Gasteiger partial charge in [-0.15, -0.1) is 0 Å². The molecule has 1 atom stereocenters. The van der Waals surface area contributed by atoms with Crippen LogP contribution in [-0.2, 0) is 17.9 Å². The van der Waals surface area contributed by atoms with E-state index in [1.165, 1.54) is 5.56 Å². The van der Waals surface area contributed by atoms with E-state index in [1.54, 1.807) is 20.0 Å². The van der Waals surface area contributed by atoms with Gasteiger partial charge in [0, 0.05) is 32.6 Å². The lowest BCUT2D eigenvalue weighted by Crippen LogP contribution is -2.39. The van der Waals surface area contributed by atoms with Crippen LogP contribution >= 0.6 is 0 Å². The zero-order chi connectivity index (χ0) is 19.1. The van der Waals surface area contributed by atoms with E-state index < -0.39 is 0 Å². The maximum absolute atomic E-state index is 13.7. The zero-order valence-corrected chi connectivity index (χ0v) is 16.1. The Bertz CT molecular complexity index is 763. The average Bonchev–Trinajstić information content (AvgIpc) is 3.15. The number of likely N-dealkylation sites (tertiary alicyclic amines) is 1. The van der Waals surface area contributed by atoms with E-state index in [1.807, 2.05) is 30.3 Å². The van der Waals surface area contributed by atoms with E-state index in [0.29, 0.717) is 24.6 Å². The van der Waals surface area contributed by atoms with Crippen LogP contribution in [0.2, 0.25) is 0 Å². The van der Waals surface area contributed by atoms with Crippen LogP contribution in [0.15, 0.2) is 53.5 Å². The van der Waals surface area contributed by atoms with E-state index in [0.717, 1.165) is 37.6 Å². The Labute approximate surface area is 161 Å². The number of benzene rings is 2. The molecule has 3 rings (SSSR count). The van der Waals surface area contributed by atoms with Gasteiger partial charge in [0.2, 0.25) is 0 Å². The molecule has 4 nitrogen and oxygen atoms in total. The number of rotatable bonds is 6. The first kappa shape index (κ1) is 19.4. The third kappa shape index (κ3) is 5.54. The predicted octanol–water partition coefficient (Wildman–Crippen LogP) is 3.75. The number of aryl methyl sites for hydroxylation is 1. The van der Waals surface area contributed by atoms with E-state index in [2.05, 4.69) is 27.3 Å². The molecule has 27 heavy (non-hydrogen) atoms. The highest BCUT2D eigenvalue weighted by Crippen LogP contribution is 2.17. The second-order valence-electron chi connectivity index (χ2n) is 7.09. The van der Waals surface area contributed by atoms with E-state index in [9.17, 15) is 4.39 Å². The van der Waals surface area contributed by atoms with Crippen molar-refractivity contribution in [2.24, 2.45) is 10.9 Å². The van der Waals surface area contributed by atoms with Gasteiger partial charge in [-0.2, -0.15) is 0 Å². The Morgan fingerprint density at radius 3 is 2.78 bits per heavy atom. The molecule has 0 spiro atoms. The molecular weight excluding hydrogens is 341 g/mol. The summed E-state index contributed by atoms with van der Waals surface area (Å²) in [6.45, 7) is 5.64. The minimum atomic E-state index is -0.166.